The van der Waals surface area contributed by atoms with Gasteiger partial charge in [-0.25, -0.2) is 4.79 Å². The standard InChI is InChI=1S/C35H68N2O4/c1-4-7-10-13-14-15-16-17-18-19-20-21-22-23-24-27-33(38)36-32(35(40)41)28-29-34(39)37(30-25-11-8-5-2)31-26-12-9-6-3/h32H,4-31H2,1-3H3,(H,36,38)(H,40,41)/t32-/m0/s1. The quantitative estimate of drug-likeness (QED) is 0.0799. The summed E-state index contributed by atoms with van der Waals surface area (Å²) in [6, 6.07) is -0.996. The molecule has 0 aromatic heterocycles. The Bertz CT molecular complexity index is 613. The lowest BCUT2D eigenvalue weighted by molar-refractivity contribution is -0.142. The van der Waals surface area contributed by atoms with Crippen LogP contribution in [0.25, 0.3) is 0 Å². The largest absolute Gasteiger partial charge is 0.480 e. The van der Waals surface area contributed by atoms with Crippen LogP contribution in [-0.2, 0) is 14.4 Å². The maximum atomic E-state index is 12.9. The number of carbonyl (C=O) groups excluding carboxylic acids is 2. The number of hydrogen-bond donors (Lipinski definition) is 2. The van der Waals surface area contributed by atoms with Crippen molar-refractivity contribution in [3.8, 4) is 0 Å². The molecule has 1 atom stereocenters. The van der Waals surface area contributed by atoms with Gasteiger partial charge in [0.05, 0.1) is 0 Å². The molecule has 242 valence electrons. The Labute approximate surface area is 254 Å². The highest BCUT2D eigenvalue weighted by Crippen LogP contribution is 2.14. The summed E-state index contributed by atoms with van der Waals surface area (Å²) in [5.41, 5.74) is 0. The summed E-state index contributed by atoms with van der Waals surface area (Å²) in [6.07, 6.45) is 28.6. The molecule has 6 nitrogen and oxygen atoms in total. The molecule has 0 bridgehead atoms. The van der Waals surface area contributed by atoms with E-state index in [0.717, 1.165) is 70.9 Å². The first kappa shape index (κ1) is 39.4. The van der Waals surface area contributed by atoms with Crippen molar-refractivity contribution in [1.29, 1.82) is 0 Å². The van der Waals surface area contributed by atoms with Crippen LogP contribution >= 0.6 is 0 Å². The third kappa shape index (κ3) is 25.8. The molecule has 0 saturated heterocycles. The fourth-order valence-electron chi connectivity index (χ4n) is 5.43. The molecule has 0 rings (SSSR count). The third-order valence-corrected chi connectivity index (χ3v) is 8.20. The number of unbranched alkanes of at least 4 members (excludes halogenated alkanes) is 20. The molecule has 2 N–H and O–H groups in total. The summed E-state index contributed by atoms with van der Waals surface area (Å²) in [5, 5.41) is 12.3. The number of nitrogens with one attached hydrogen (secondary N) is 1. The van der Waals surface area contributed by atoms with Gasteiger partial charge in [0.15, 0.2) is 0 Å². The Morgan fingerprint density at radius 1 is 0.537 bits per heavy atom. The van der Waals surface area contributed by atoms with Crippen LogP contribution in [0.4, 0.5) is 0 Å². The Morgan fingerprint density at radius 3 is 1.29 bits per heavy atom. The van der Waals surface area contributed by atoms with Gasteiger partial charge in [0, 0.05) is 25.9 Å². The van der Waals surface area contributed by atoms with Crippen LogP contribution in [-0.4, -0.2) is 46.9 Å². The van der Waals surface area contributed by atoms with E-state index in [4.69, 9.17) is 0 Å². The smallest absolute Gasteiger partial charge is 0.326 e. The van der Waals surface area contributed by atoms with Gasteiger partial charge in [-0.1, -0.05) is 149 Å². The number of carboxylic acid groups (broad SMARTS) is 1. The molecule has 41 heavy (non-hydrogen) atoms. The maximum absolute atomic E-state index is 12.9. The van der Waals surface area contributed by atoms with Gasteiger partial charge in [-0.15, -0.1) is 0 Å². The molecule has 0 saturated carbocycles. The van der Waals surface area contributed by atoms with E-state index < -0.39 is 12.0 Å². The minimum atomic E-state index is -1.06. The van der Waals surface area contributed by atoms with E-state index >= 15 is 0 Å². The van der Waals surface area contributed by atoms with Crippen LogP contribution in [0, 0.1) is 0 Å². The van der Waals surface area contributed by atoms with Gasteiger partial charge in [-0.3, -0.25) is 9.59 Å². The van der Waals surface area contributed by atoms with Gasteiger partial charge in [0.2, 0.25) is 11.8 Å². The molecule has 0 aliphatic heterocycles. The lowest BCUT2D eigenvalue weighted by Gasteiger charge is -2.24. The first-order valence-electron chi connectivity index (χ1n) is 17.8. The predicted molar refractivity (Wildman–Crippen MR) is 173 cm³/mol. The molecule has 2 amide bonds. The molecule has 0 aliphatic carbocycles. The average molecular weight is 581 g/mol. The van der Waals surface area contributed by atoms with E-state index in [0.29, 0.717) is 6.42 Å². The van der Waals surface area contributed by atoms with Crippen LogP contribution in [0.15, 0.2) is 0 Å². The van der Waals surface area contributed by atoms with Crippen molar-refractivity contribution in [3.63, 3.8) is 0 Å². The highest BCUT2D eigenvalue weighted by atomic mass is 16.4. The third-order valence-electron chi connectivity index (χ3n) is 8.20. The second-order valence-electron chi connectivity index (χ2n) is 12.2. The Morgan fingerprint density at radius 2 is 0.902 bits per heavy atom. The zero-order chi connectivity index (χ0) is 30.4. The van der Waals surface area contributed by atoms with E-state index in [1.807, 2.05) is 4.90 Å². The summed E-state index contributed by atoms with van der Waals surface area (Å²) >= 11 is 0. The molecule has 0 unspecified atom stereocenters. The summed E-state index contributed by atoms with van der Waals surface area (Å²) < 4.78 is 0. The summed E-state index contributed by atoms with van der Waals surface area (Å²) in [5.74, 6) is -1.25. The minimum Gasteiger partial charge on any atom is -0.480 e. The molecule has 0 aromatic carbocycles. The number of nitrogens with zero attached hydrogens (tertiary/aromatic N) is 1. The van der Waals surface area contributed by atoms with E-state index in [9.17, 15) is 19.5 Å². The molecule has 0 heterocycles. The van der Waals surface area contributed by atoms with Crippen molar-refractivity contribution in [2.45, 2.75) is 194 Å². The van der Waals surface area contributed by atoms with Crippen LogP contribution in [0.3, 0.4) is 0 Å². The van der Waals surface area contributed by atoms with Crippen molar-refractivity contribution in [2.75, 3.05) is 13.1 Å². The van der Waals surface area contributed by atoms with Crippen LogP contribution in [0.1, 0.15) is 188 Å². The maximum Gasteiger partial charge on any atom is 0.326 e. The van der Waals surface area contributed by atoms with Gasteiger partial charge in [-0.2, -0.15) is 0 Å². The van der Waals surface area contributed by atoms with Crippen LogP contribution in [0.2, 0.25) is 0 Å². The zero-order valence-electron chi connectivity index (χ0n) is 27.5. The number of amides is 2. The fraction of sp³-hybridized carbons (Fsp3) is 0.914. The molecule has 6 heteroatoms. The van der Waals surface area contributed by atoms with Gasteiger partial charge in [-0.05, 0) is 25.7 Å². The SMILES string of the molecule is CCCCCCCCCCCCCCCCCC(=O)N[C@@H](CCC(=O)N(CCCCCC)CCCCCC)C(=O)O. The van der Waals surface area contributed by atoms with Gasteiger partial charge < -0.3 is 15.3 Å². The Balaban J connectivity index is 4.08. The highest BCUT2D eigenvalue weighted by molar-refractivity contribution is 5.84. The monoisotopic (exact) mass is 581 g/mol. The normalized spacial score (nSPS) is 11.9. The van der Waals surface area contributed by atoms with Crippen molar-refractivity contribution >= 4 is 17.8 Å². The molecule has 0 spiro atoms. The fourth-order valence-corrected chi connectivity index (χ4v) is 5.43. The summed E-state index contributed by atoms with van der Waals surface area (Å²) in [4.78, 5) is 39.0. The Kier molecular flexibility index (Phi) is 28.7. The van der Waals surface area contributed by atoms with Gasteiger partial charge in [0.1, 0.15) is 6.04 Å². The summed E-state index contributed by atoms with van der Waals surface area (Å²) in [6.45, 7) is 8.10. The van der Waals surface area contributed by atoms with E-state index in [1.165, 1.54) is 89.9 Å². The molecular weight excluding hydrogens is 512 g/mol. The minimum absolute atomic E-state index is 0.0147. The van der Waals surface area contributed by atoms with Crippen molar-refractivity contribution in [3.05, 3.63) is 0 Å². The number of carbonyl (C=O) groups is 3. The van der Waals surface area contributed by atoms with Gasteiger partial charge >= 0.3 is 5.97 Å². The first-order valence-corrected chi connectivity index (χ1v) is 17.8. The van der Waals surface area contributed by atoms with E-state index in [1.54, 1.807) is 0 Å². The zero-order valence-corrected chi connectivity index (χ0v) is 27.5. The molecular formula is C35H68N2O4. The highest BCUT2D eigenvalue weighted by Gasteiger charge is 2.22. The predicted octanol–water partition coefficient (Wildman–Crippen LogP) is 9.59. The van der Waals surface area contributed by atoms with Crippen LogP contribution < -0.4 is 5.32 Å². The van der Waals surface area contributed by atoms with E-state index in [2.05, 4.69) is 26.1 Å². The lowest BCUT2D eigenvalue weighted by Crippen LogP contribution is -2.42. The average Bonchev–Trinajstić information content (AvgIpc) is 2.96. The Hall–Kier alpha value is -1.59. The van der Waals surface area contributed by atoms with Crippen molar-refractivity contribution in [2.24, 2.45) is 0 Å². The topological polar surface area (TPSA) is 86.7 Å². The van der Waals surface area contributed by atoms with Crippen LogP contribution in [0.5, 0.6) is 0 Å². The van der Waals surface area contributed by atoms with Gasteiger partial charge in [0.25, 0.3) is 0 Å². The number of carboxylic acids is 1. The molecule has 0 radical (unpaired) electrons. The second-order valence-corrected chi connectivity index (χ2v) is 12.2. The summed E-state index contributed by atoms with van der Waals surface area (Å²) in [7, 11) is 0. The number of rotatable bonds is 31. The van der Waals surface area contributed by atoms with E-state index in [-0.39, 0.29) is 24.7 Å². The second kappa shape index (κ2) is 29.9. The number of aliphatic carboxylic acids is 1. The van der Waals surface area contributed by atoms with Crippen molar-refractivity contribution in [1.82, 2.24) is 10.2 Å². The molecule has 0 aromatic rings. The number of hydrogen-bond acceptors (Lipinski definition) is 3. The first-order chi connectivity index (χ1) is 20.0. The van der Waals surface area contributed by atoms with Crippen molar-refractivity contribution < 1.29 is 19.5 Å². The molecule has 0 fully saturated rings. The molecule has 0 aliphatic rings. The lowest BCUT2D eigenvalue weighted by atomic mass is 10.0.